The number of rotatable bonds is 5. The number of alkyl halides is 3. The van der Waals surface area contributed by atoms with Crippen LogP contribution in [-0.2, 0) is 10.2 Å². The van der Waals surface area contributed by atoms with Crippen molar-refractivity contribution < 1.29 is 27.5 Å². The van der Waals surface area contributed by atoms with E-state index in [9.17, 15) is 27.5 Å². The molecule has 0 aliphatic carbocycles. The van der Waals surface area contributed by atoms with E-state index < -0.39 is 35.9 Å². The lowest BCUT2D eigenvalue weighted by molar-refractivity contribution is -0.266. The van der Waals surface area contributed by atoms with Crippen LogP contribution in [0.15, 0.2) is 18.2 Å². The van der Waals surface area contributed by atoms with Crippen LogP contribution in [0.25, 0.3) is 0 Å². The first kappa shape index (κ1) is 17.6. The van der Waals surface area contributed by atoms with E-state index >= 15 is 0 Å². The molecule has 0 fully saturated rings. The van der Waals surface area contributed by atoms with Gasteiger partial charge in [0.25, 0.3) is 0 Å². The summed E-state index contributed by atoms with van der Waals surface area (Å²) in [5.41, 5.74) is -3.29. The Balaban J connectivity index is 3.23. The molecule has 6 heteroatoms. The first-order chi connectivity index (χ1) is 9.43. The van der Waals surface area contributed by atoms with Crippen molar-refractivity contribution in [3.8, 4) is 0 Å². The van der Waals surface area contributed by atoms with Crippen molar-refractivity contribution in [1.82, 2.24) is 0 Å². The molecule has 0 aliphatic rings. The number of hydrogen-bond donors (Lipinski definition) is 1. The van der Waals surface area contributed by atoms with Gasteiger partial charge in [-0.15, -0.1) is 0 Å². The van der Waals surface area contributed by atoms with Crippen LogP contribution in [0.2, 0.25) is 0 Å². The highest BCUT2D eigenvalue weighted by Crippen LogP contribution is 2.43. The number of carbonyl (C=O) groups is 1. The summed E-state index contributed by atoms with van der Waals surface area (Å²) in [6.45, 7) is 4.62. The predicted molar refractivity (Wildman–Crippen MR) is 70.5 cm³/mol. The summed E-state index contributed by atoms with van der Waals surface area (Å²) in [5, 5.41) is 9.85. The quantitative estimate of drug-likeness (QED) is 0.665. The standard InChI is InChI=1S/C15H18F4O2/c1-10-4-5-11(16)8-12(10)13(2,3)9-14(21,6-7-20)15(17,18)19/h4-5,7-8,21H,6,9H2,1-3H3. The lowest BCUT2D eigenvalue weighted by atomic mass is 9.72. The normalized spacial score (nSPS) is 15.6. The van der Waals surface area contributed by atoms with E-state index in [-0.39, 0.29) is 6.29 Å². The van der Waals surface area contributed by atoms with Crippen LogP contribution < -0.4 is 0 Å². The van der Waals surface area contributed by atoms with Crippen molar-refractivity contribution in [1.29, 1.82) is 0 Å². The highest BCUT2D eigenvalue weighted by Gasteiger charge is 2.55. The fourth-order valence-corrected chi connectivity index (χ4v) is 2.58. The van der Waals surface area contributed by atoms with E-state index in [1.807, 2.05) is 0 Å². The molecule has 21 heavy (non-hydrogen) atoms. The minimum absolute atomic E-state index is 0.0437. The van der Waals surface area contributed by atoms with Crippen molar-refractivity contribution in [2.75, 3.05) is 0 Å². The van der Waals surface area contributed by atoms with Crippen LogP contribution in [-0.4, -0.2) is 23.2 Å². The van der Waals surface area contributed by atoms with Crippen LogP contribution in [0.4, 0.5) is 17.6 Å². The van der Waals surface area contributed by atoms with E-state index in [1.165, 1.54) is 26.0 Å². The van der Waals surface area contributed by atoms with Gasteiger partial charge in [0, 0.05) is 6.42 Å². The summed E-state index contributed by atoms with van der Waals surface area (Å²) in [6, 6.07) is 3.85. The van der Waals surface area contributed by atoms with Gasteiger partial charge in [-0.3, -0.25) is 0 Å². The molecule has 0 saturated carbocycles. The first-order valence-electron chi connectivity index (χ1n) is 6.42. The van der Waals surface area contributed by atoms with E-state index in [2.05, 4.69) is 0 Å². The van der Waals surface area contributed by atoms with Gasteiger partial charge in [-0.05, 0) is 42.0 Å². The van der Waals surface area contributed by atoms with Crippen LogP contribution >= 0.6 is 0 Å². The molecule has 0 aromatic heterocycles. The molecule has 0 heterocycles. The number of aldehydes is 1. The molecule has 1 aromatic carbocycles. The summed E-state index contributed by atoms with van der Waals surface area (Å²) in [5.74, 6) is -0.561. The SMILES string of the molecule is Cc1ccc(F)cc1C(C)(C)CC(O)(CC=O)C(F)(F)F. The van der Waals surface area contributed by atoms with Gasteiger partial charge in [0.2, 0.25) is 0 Å². The summed E-state index contributed by atoms with van der Waals surface area (Å²) in [6.07, 6.45) is -6.67. The number of benzene rings is 1. The van der Waals surface area contributed by atoms with E-state index in [4.69, 9.17) is 0 Å². The Hall–Kier alpha value is -1.43. The summed E-state index contributed by atoms with van der Waals surface area (Å²) in [7, 11) is 0. The zero-order valence-corrected chi connectivity index (χ0v) is 12.1. The molecule has 0 spiro atoms. The van der Waals surface area contributed by atoms with E-state index in [1.54, 1.807) is 6.92 Å². The second kappa shape index (κ2) is 5.75. The maximum atomic E-state index is 13.4. The fraction of sp³-hybridized carbons (Fsp3) is 0.533. The monoisotopic (exact) mass is 306 g/mol. The zero-order chi connectivity index (χ0) is 16.5. The smallest absolute Gasteiger partial charge is 0.380 e. The molecule has 1 aromatic rings. The topological polar surface area (TPSA) is 37.3 Å². The third-order valence-corrected chi connectivity index (χ3v) is 3.61. The van der Waals surface area contributed by atoms with Gasteiger partial charge in [0.15, 0.2) is 5.60 Å². The van der Waals surface area contributed by atoms with Crippen LogP contribution in [0.3, 0.4) is 0 Å². The van der Waals surface area contributed by atoms with Crippen molar-refractivity contribution >= 4 is 6.29 Å². The summed E-state index contributed by atoms with van der Waals surface area (Å²) in [4.78, 5) is 10.5. The Morgan fingerprint density at radius 1 is 1.24 bits per heavy atom. The lowest BCUT2D eigenvalue weighted by Crippen LogP contribution is -2.49. The van der Waals surface area contributed by atoms with Gasteiger partial charge in [0.05, 0.1) is 0 Å². The number of carbonyl (C=O) groups excluding carboxylic acids is 1. The second-order valence-corrected chi connectivity index (χ2v) is 5.92. The second-order valence-electron chi connectivity index (χ2n) is 5.92. The zero-order valence-electron chi connectivity index (χ0n) is 12.1. The molecular formula is C15H18F4O2. The maximum Gasteiger partial charge on any atom is 0.417 e. The lowest BCUT2D eigenvalue weighted by Gasteiger charge is -2.37. The molecule has 1 atom stereocenters. The molecule has 0 saturated heterocycles. The summed E-state index contributed by atoms with van der Waals surface area (Å²) < 4.78 is 52.5. The predicted octanol–water partition coefficient (Wildman–Crippen LogP) is 3.68. The average Bonchev–Trinajstić information content (AvgIpc) is 2.30. The maximum absolute atomic E-state index is 13.4. The molecule has 1 rings (SSSR count). The Labute approximate surface area is 120 Å². The largest absolute Gasteiger partial charge is 0.417 e. The Bertz CT molecular complexity index is 523. The van der Waals surface area contributed by atoms with Gasteiger partial charge in [0.1, 0.15) is 12.1 Å². The van der Waals surface area contributed by atoms with Gasteiger partial charge >= 0.3 is 6.18 Å². The van der Waals surface area contributed by atoms with Gasteiger partial charge in [-0.1, -0.05) is 19.9 Å². The summed E-state index contributed by atoms with van der Waals surface area (Å²) >= 11 is 0. The van der Waals surface area contributed by atoms with Crippen LogP contribution in [0.1, 0.15) is 37.8 Å². The van der Waals surface area contributed by atoms with Crippen LogP contribution in [0, 0.1) is 12.7 Å². The molecule has 1 unspecified atom stereocenters. The highest BCUT2D eigenvalue weighted by molar-refractivity contribution is 5.52. The van der Waals surface area contributed by atoms with Gasteiger partial charge in [-0.2, -0.15) is 13.2 Å². The van der Waals surface area contributed by atoms with E-state index in [0.29, 0.717) is 11.1 Å². The minimum atomic E-state index is -4.94. The van der Waals surface area contributed by atoms with Crippen molar-refractivity contribution in [2.45, 2.75) is 50.8 Å². The fourth-order valence-electron chi connectivity index (χ4n) is 2.58. The number of halogens is 4. The highest BCUT2D eigenvalue weighted by atomic mass is 19.4. The molecule has 0 radical (unpaired) electrons. The van der Waals surface area contributed by atoms with Crippen molar-refractivity contribution in [3.63, 3.8) is 0 Å². The van der Waals surface area contributed by atoms with Crippen LogP contribution in [0.5, 0.6) is 0 Å². The Morgan fingerprint density at radius 2 is 1.81 bits per heavy atom. The molecule has 0 bridgehead atoms. The van der Waals surface area contributed by atoms with Gasteiger partial charge in [-0.25, -0.2) is 4.39 Å². The number of aryl methyl sites for hydroxylation is 1. The van der Waals surface area contributed by atoms with Gasteiger partial charge < -0.3 is 9.90 Å². The molecule has 0 aliphatic heterocycles. The molecular weight excluding hydrogens is 288 g/mol. The number of hydrogen-bond acceptors (Lipinski definition) is 2. The van der Waals surface area contributed by atoms with E-state index in [0.717, 1.165) is 6.07 Å². The molecule has 2 nitrogen and oxygen atoms in total. The van der Waals surface area contributed by atoms with Crippen molar-refractivity contribution in [2.24, 2.45) is 0 Å². The first-order valence-corrected chi connectivity index (χ1v) is 6.42. The number of aliphatic hydroxyl groups is 1. The Kier molecular flexibility index (Phi) is 4.83. The molecule has 0 amide bonds. The third-order valence-electron chi connectivity index (χ3n) is 3.61. The third kappa shape index (κ3) is 3.81. The average molecular weight is 306 g/mol. The molecule has 1 N–H and O–H groups in total. The Morgan fingerprint density at radius 3 is 2.29 bits per heavy atom. The van der Waals surface area contributed by atoms with Crippen molar-refractivity contribution in [3.05, 3.63) is 35.1 Å². The minimum Gasteiger partial charge on any atom is -0.380 e. The molecule has 118 valence electrons.